The van der Waals surface area contributed by atoms with Gasteiger partial charge in [0.1, 0.15) is 6.54 Å². The molecule has 0 saturated heterocycles. The van der Waals surface area contributed by atoms with Gasteiger partial charge in [0.25, 0.3) is 5.56 Å². The third kappa shape index (κ3) is 4.16. The van der Waals surface area contributed by atoms with Gasteiger partial charge in [0.15, 0.2) is 5.78 Å². The Morgan fingerprint density at radius 2 is 2.00 bits per heavy atom. The van der Waals surface area contributed by atoms with Crippen molar-refractivity contribution in [2.75, 3.05) is 0 Å². The van der Waals surface area contributed by atoms with Crippen LogP contribution in [0.25, 0.3) is 0 Å². The van der Waals surface area contributed by atoms with Crippen LogP contribution in [0.3, 0.4) is 0 Å². The van der Waals surface area contributed by atoms with Crippen LogP contribution in [0.1, 0.15) is 20.8 Å². The van der Waals surface area contributed by atoms with Gasteiger partial charge in [-0.3, -0.25) is 23.9 Å². The van der Waals surface area contributed by atoms with Gasteiger partial charge in [-0.2, -0.15) is 0 Å². The van der Waals surface area contributed by atoms with Crippen molar-refractivity contribution in [1.29, 1.82) is 0 Å². The summed E-state index contributed by atoms with van der Waals surface area (Å²) in [6.07, 6.45) is 1.24. The number of amides is 1. The molecule has 110 valence electrons. The number of carbonyl (C=O) groups is 2. The van der Waals surface area contributed by atoms with Crippen LogP contribution in [0.4, 0.5) is 0 Å². The van der Waals surface area contributed by atoms with Crippen LogP contribution < -0.4 is 16.6 Å². The number of aromatic amines is 1. The monoisotopic (exact) mass is 345 g/mol. The van der Waals surface area contributed by atoms with Crippen LogP contribution in [0, 0.1) is 5.92 Å². The van der Waals surface area contributed by atoms with Gasteiger partial charge in [-0.1, -0.05) is 13.8 Å². The van der Waals surface area contributed by atoms with Gasteiger partial charge in [-0.05, 0) is 28.8 Å². The first kappa shape index (κ1) is 16.4. The number of halogens is 1. The van der Waals surface area contributed by atoms with E-state index in [1.807, 2.05) is 13.8 Å². The number of aromatic nitrogens is 2. The minimum absolute atomic E-state index is 0.0458. The molecule has 0 radical (unpaired) electrons. The molecule has 1 aromatic heterocycles. The zero-order valence-corrected chi connectivity index (χ0v) is 13.0. The summed E-state index contributed by atoms with van der Waals surface area (Å²) >= 11 is 2.98. The molecule has 0 bridgehead atoms. The maximum atomic E-state index is 11.8. The number of Topliss-reactive ketones (excluding diaryl/α,β-unsaturated/α-hetero) is 1. The van der Waals surface area contributed by atoms with Crippen LogP contribution in [0.2, 0.25) is 0 Å². The van der Waals surface area contributed by atoms with E-state index in [0.717, 1.165) is 4.57 Å². The highest BCUT2D eigenvalue weighted by Gasteiger charge is 2.20. The van der Waals surface area contributed by atoms with E-state index in [-0.39, 0.29) is 22.7 Å². The van der Waals surface area contributed by atoms with E-state index in [1.165, 1.54) is 13.1 Å². The molecular weight excluding hydrogens is 330 g/mol. The topological polar surface area (TPSA) is 101 Å². The lowest BCUT2D eigenvalue weighted by Gasteiger charge is -2.19. The fourth-order valence-electron chi connectivity index (χ4n) is 1.71. The Kier molecular flexibility index (Phi) is 5.43. The number of carbonyl (C=O) groups excluding carboxylic acids is 2. The Hall–Kier alpha value is -1.70. The minimum Gasteiger partial charge on any atom is -0.344 e. The number of hydrogen-bond acceptors (Lipinski definition) is 4. The van der Waals surface area contributed by atoms with Gasteiger partial charge in [0.2, 0.25) is 5.91 Å². The molecule has 0 saturated carbocycles. The lowest BCUT2D eigenvalue weighted by molar-refractivity contribution is -0.128. The molecular formula is C12H16BrN3O4. The van der Waals surface area contributed by atoms with Gasteiger partial charge in [0.05, 0.1) is 10.5 Å². The van der Waals surface area contributed by atoms with Crippen molar-refractivity contribution in [3.8, 4) is 0 Å². The minimum atomic E-state index is -0.683. The number of H-pyrrole nitrogens is 1. The molecule has 1 aromatic rings. The van der Waals surface area contributed by atoms with E-state index in [0.29, 0.717) is 0 Å². The second kappa shape index (κ2) is 6.65. The van der Waals surface area contributed by atoms with Crippen molar-refractivity contribution in [1.82, 2.24) is 14.9 Å². The molecule has 1 amide bonds. The molecule has 0 aliphatic carbocycles. The number of ketones is 1. The third-order valence-corrected chi connectivity index (χ3v) is 3.27. The normalized spacial score (nSPS) is 12.2. The zero-order valence-electron chi connectivity index (χ0n) is 11.4. The molecule has 0 fully saturated rings. The molecule has 20 heavy (non-hydrogen) atoms. The highest BCUT2D eigenvalue weighted by Crippen LogP contribution is 2.03. The molecule has 0 aromatic carbocycles. The summed E-state index contributed by atoms with van der Waals surface area (Å²) in [5.74, 6) is -0.668. The standard InChI is InChI=1S/C12H16BrN3O4/c1-6(2)10(7(3)17)14-9(18)5-16-4-8(13)11(19)15-12(16)20/h4,6,10H,5H2,1-3H3,(H,14,18)(H,15,19,20). The molecule has 1 heterocycles. The van der Waals surface area contributed by atoms with E-state index >= 15 is 0 Å². The van der Waals surface area contributed by atoms with Crippen molar-refractivity contribution in [2.24, 2.45) is 5.92 Å². The molecule has 2 N–H and O–H groups in total. The molecule has 1 unspecified atom stereocenters. The van der Waals surface area contributed by atoms with Crippen LogP contribution in [0.15, 0.2) is 20.3 Å². The molecule has 0 aliphatic heterocycles. The largest absolute Gasteiger partial charge is 0.344 e. The van der Waals surface area contributed by atoms with Crippen LogP contribution in [0.5, 0.6) is 0 Å². The first-order chi connectivity index (χ1) is 9.22. The second-order valence-electron chi connectivity index (χ2n) is 4.76. The van der Waals surface area contributed by atoms with E-state index in [1.54, 1.807) is 0 Å². The molecule has 0 aliphatic rings. The number of nitrogens with zero attached hydrogens (tertiary/aromatic N) is 1. The van der Waals surface area contributed by atoms with Crippen molar-refractivity contribution >= 4 is 27.6 Å². The van der Waals surface area contributed by atoms with Crippen molar-refractivity contribution < 1.29 is 9.59 Å². The Morgan fingerprint density at radius 1 is 1.40 bits per heavy atom. The summed E-state index contributed by atoms with van der Waals surface area (Å²) in [6.45, 7) is 4.75. The summed E-state index contributed by atoms with van der Waals surface area (Å²) in [5, 5.41) is 2.57. The lowest BCUT2D eigenvalue weighted by atomic mass is 10.0. The summed E-state index contributed by atoms with van der Waals surface area (Å²) in [4.78, 5) is 48.0. The number of nitrogens with one attached hydrogen (secondary N) is 2. The quantitative estimate of drug-likeness (QED) is 0.785. The maximum absolute atomic E-state index is 11.8. The Bertz CT molecular complexity index is 632. The predicted molar refractivity (Wildman–Crippen MR) is 76.5 cm³/mol. The van der Waals surface area contributed by atoms with Gasteiger partial charge in [-0.25, -0.2) is 4.79 Å². The zero-order chi connectivity index (χ0) is 15.4. The first-order valence-electron chi connectivity index (χ1n) is 6.01. The Balaban J connectivity index is 2.86. The van der Waals surface area contributed by atoms with E-state index in [9.17, 15) is 19.2 Å². The average molecular weight is 346 g/mol. The van der Waals surface area contributed by atoms with E-state index in [2.05, 4.69) is 26.2 Å². The maximum Gasteiger partial charge on any atom is 0.328 e. The summed E-state index contributed by atoms with van der Waals surface area (Å²) in [6, 6.07) is -0.593. The van der Waals surface area contributed by atoms with Crippen LogP contribution in [-0.4, -0.2) is 27.3 Å². The smallest absolute Gasteiger partial charge is 0.328 e. The highest BCUT2D eigenvalue weighted by atomic mass is 79.9. The fourth-order valence-corrected chi connectivity index (χ4v) is 2.06. The third-order valence-electron chi connectivity index (χ3n) is 2.70. The SMILES string of the molecule is CC(=O)C(NC(=O)Cn1cc(Br)c(=O)[nH]c1=O)C(C)C. The van der Waals surface area contributed by atoms with Crippen LogP contribution >= 0.6 is 15.9 Å². The van der Waals surface area contributed by atoms with Gasteiger partial charge in [-0.15, -0.1) is 0 Å². The summed E-state index contributed by atoms with van der Waals surface area (Å²) < 4.78 is 1.20. The number of hydrogen-bond donors (Lipinski definition) is 2. The molecule has 1 rings (SSSR count). The highest BCUT2D eigenvalue weighted by molar-refractivity contribution is 9.10. The molecule has 1 atom stereocenters. The van der Waals surface area contributed by atoms with Crippen molar-refractivity contribution in [3.05, 3.63) is 31.5 Å². The predicted octanol–water partition coefficient (Wildman–Crippen LogP) is 0.0289. The van der Waals surface area contributed by atoms with Gasteiger partial charge < -0.3 is 5.32 Å². The van der Waals surface area contributed by atoms with E-state index in [4.69, 9.17) is 0 Å². The fraction of sp³-hybridized carbons (Fsp3) is 0.500. The van der Waals surface area contributed by atoms with Crippen molar-refractivity contribution in [3.63, 3.8) is 0 Å². The van der Waals surface area contributed by atoms with E-state index < -0.39 is 23.2 Å². The molecule has 8 heteroatoms. The Labute approximate surface area is 123 Å². The average Bonchev–Trinajstić information content (AvgIpc) is 2.32. The molecule has 7 nitrogen and oxygen atoms in total. The van der Waals surface area contributed by atoms with Crippen LogP contribution in [-0.2, 0) is 16.1 Å². The lowest BCUT2D eigenvalue weighted by Crippen LogP contribution is -2.46. The van der Waals surface area contributed by atoms with Gasteiger partial charge >= 0.3 is 5.69 Å². The summed E-state index contributed by atoms with van der Waals surface area (Å²) in [7, 11) is 0. The first-order valence-corrected chi connectivity index (χ1v) is 6.80. The number of rotatable bonds is 5. The Morgan fingerprint density at radius 3 is 2.50 bits per heavy atom. The van der Waals surface area contributed by atoms with Gasteiger partial charge in [0, 0.05) is 6.20 Å². The summed E-state index contributed by atoms with van der Waals surface area (Å²) in [5.41, 5.74) is -1.24. The van der Waals surface area contributed by atoms with Crippen molar-refractivity contribution in [2.45, 2.75) is 33.4 Å². The second-order valence-corrected chi connectivity index (χ2v) is 5.62. The molecule has 0 spiro atoms.